The number of likely N-dealkylation sites (N-methyl/N-ethyl adjacent to an activating group) is 1. The molecule has 0 spiro atoms. The van der Waals surface area contributed by atoms with E-state index in [0.717, 1.165) is 42.5 Å². The fourth-order valence-electron chi connectivity index (χ4n) is 3.90. The van der Waals surface area contributed by atoms with E-state index in [-0.39, 0.29) is 5.82 Å². The molecule has 1 aliphatic heterocycles. The van der Waals surface area contributed by atoms with Gasteiger partial charge in [-0.05, 0) is 31.7 Å². The second kappa shape index (κ2) is 8.32. The SMILES string of the molecule is Cc1c(N2CCN(C)CC2)ccnc1CSc1nc2cc(-n3ccnc3)c(F)cc2[nH]1. The van der Waals surface area contributed by atoms with Crippen LogP contribution in [0.15, 0.2) is 48.3 Å². The number of aromatic nitrogens is 5. The summed E-state index contributed by atoms with van der Waals surface area (Å²) in [6.45, 7) is 6.34. The monoisotopic (exact) mass is 437 g/mol. The Morgan fingerprint density at radius 2 is 1.97 bits per heavy atom. The zero-order valence-corrected chi connectivity index (χ0v) is 18.4. The number of piperazine rings is 1. The smallest absolute Gasteiger partial charge is 0.166 e. The van der Waals surface area contributed by atoms with Crippen molar-refractivity contribution in [2.75, 3.05) is 38.1 Å². The number of nitrogens with zero attached hydrogens (tertiary/aromatic N) is 6. The van der Waals surface area contributed by atoms with Gasteiger partial charge in [-0.1, -0.05) is 11.8 Å². The van der Waals surface area contributed by atoms with Crippen molar-refractivity contribution in [3.05, 3.63) is 60.2 Å². The molecule has 1 aromatic carbocycles. The molecule has 3 aromatic heterocycles. The molecule has 0 bridgehead atoms. The number of hydrogen-bond acceptors (Lipinski definition) is 6. The minimum absolute atomic E-state index is 0.317. The molecule has 5 rings (SSSR count). The number of halogens is 1. The van der Waals surface area contributed by atoms with Crippen LogP contribution >= 0.6 is 11.8 Å². The number of H-pyrrole nitrogens is 1. The average molecular weight is 438 g/mol. The Morgan fingerprint density at radius 1 is 1.13 bits per heavy atom. The lowest BCUT2D eigenvalue weighted by Crippen LogP contribution is -2.44. The van der Waals surface area contributed by atoms with Crippen molar-refractivity contribution in [1.82, 2.24) is 29.4 Å². The Labute approximate surface area is 184 Å². The standard InChI is InChI=1S/C22H24FN7S/c1-15-19(25-4-3-20(15)29-9-7-28(2)8-10-29)13-31-22-26-17-11-16(23)21(12-18(17)27-22)30-6-5-24-14-30/h3-6,11-12,14H,7-10,13H2,1-2H3,(H,26,27). The highest BCUT2D eigenvalue weighted by Crippen LogP contribution is 2.29. The third-order valence-corrected chi connectivity index (χ3v) is 6.67. The number of hydrogen-bond donors (Lipinski definition) is 1. The van der Waals surface area contributed by atoms with Gasteiger partial charge in [0, 0.05) is 62.3 Å². The van der Waals surface area contributed by atoms with Crippen molar-refractivity contribution in [2.24, 2.45) is 0 Å². The first-order chi connectivity index (χ1) is 15.1. The van der Waals surface area contributed by atoms with Crippen molar-refractivity contribution in [1.29, 1.82) is 0 Å². The number of thioether (sulfide) groups is 1. The third kappa shape index (κ3) is 4.03. The predicted octanol–water partition coefficient (Wildman–Crippen LogP) is 3.64. The molecule has 1 saturated heterocycles. The molecule has 0 amide bonds. The maximum absolute atomic E-state index is 14.5. The molecule has 1 fully saturated rings. The van der Waals surface area contributed by atoms with Crippen molar-refractivity contribution in [2.45, 2.75) is 17.8 Å². The lowest BCUT2D eigenvalue weighted by molar-refractivity contribution is 0.312. The quantitative estimate of drug-likeness (QED) is 0.481. The topological polar surface area (TPSA) is 65.9 Å². The van der Waals surface area contributed by atoms with Gasteiger partial charge in [0.25, 0.3) is 0 Å². The second-order valence-corrected chi connectivity index (χ2v) is 8.78. The summed E-state index contributed by atoms with van der Waals surface area (Å²) in [4.78, 5) is 21.3. The van der Waals surface area contributed by atoms with E-state index in [1.165, 1.54) is 17.3 Å². The molecule has 4 aromatic rings. The number of anilines is 1. The van der Waals surface area contributed by atoms with Crippen molar-refractivity contribution in [3.63, 3.8) is 0 Å². The number of imidazole rings is 2. The van der Waals surface area contributed by atoms with E-state index in [4.69, 9.17) is 0 Å². The van der Waals surface area contributed by atoms with E-state index < -0.39 is 0 Å². The number of pyridine rings is 1. The minimum Gasteiger partial charge on any atom is -0.369 e. The molecule has 9 heteroatoms. The van der Waals surface area contributed by atoms with Gasteiger partial charge in [-0.15, -0.1) is 0 Å². The van der Waals surface area contributed by atoms with Gasteiger partial charge in [0.05, 0.1) is 28.7 Å². The molecule has 0 radical (unpaired) electrons. The highest BCUT2D eigenvalue weighted by molar-refractivity contribution is 7.98. The Hall–Kier alpha value is -2.91. The van der Waals surface area contributed by atoms with Crippen LogP contribution in [-0.2, 0) is 5.75 Å². The fourth-order valence-corrected chi connectivity index (χ4v) is 4.81. The van der Waals surface area contributed by atoms with E-state index in [0.29, 0.717) is 17.0 Å². The van der Waals surface area contributed by atoms with Gasteiger partial charge in [0.1, 0.15) is 5.82 Å². The Morgan fingerprint density at radius 3 is 2.74 bits per heavy atom. The summed E-state index contributed by atoms with van der Waals surface area (Å²) in [7, 11) is 2.16. The van der Waals surface area contributed by atoms with Gasteiger partial charge in [-0.2, -0.15) is 0 Å². The molecule has 7 nitrogen and oxygen atoms in total. The van der Waals surface area contributed by atoms with Gasteiger partial charge in [0.2, 0.25) is 0 Å². The highest BCUT2D eigenvalue weighted by Gasteiger charge is 2.18. The van der Waals surface area contributed by atoms with Gasteiger partial charge in [-0.25, -0.2) is 14.4 Å². The van der Waals surface area contributed by atoms with Gasteiger partial charge in [-0.3, -0.25) is 4.98 Å². The Balaban J connectivity index is 1.35. The summed E-state index contributed by atoms with van der Waals surface area (Å²) in [5, 5.41) is 0.753. The average Bonchev–Trinajstić information content (AvgIpc) is 3.42. The summed E-state index contributed by atoms with van der Waals surface area (Å²) in [5.74, 6) is 0.382. The number of fused-ring (bicyclic) bond motifs is 1. The Bertz CT molecular complexity index is 1200. The van der Waals surface area contributed by atoms with Crippen molar-refractivity contribution < 1.29 is 4.39 Å². The van der Waals surface area contributed by atoms with Crippen molar-refractivity contribution in [3.8, 4) is 5.69 Å². The summed E-state index contributed by atoms with van der Waals surface area (Å²) < 4.78 is 16.2. The first-order valence-electron chi connectivity index (χ1n) is 10.3. The van der Waals surface area contributed by atoms with Crippen LogP contribution < -0.4 is 4.90 Å². The number of nitrogens with one attached hydrogen (secondary N) is 1. The van der Waals surface area contributed by atoms with Crippen molar-refractivity contribution >= 4 is 28.5 Å². The molecule has 0 unspecified atom stereocenters. The lowest BCUT2D eigenvalue weighted by Gasteiger charge is -2.35. The molecule has 0 aliphatic carbocycles. The first kappa shape index (κ1) is 20.0. The van der Waals surface area contributed by atoms with E-state index in [9.17, 15) is 4.39 Å². The van der Waals surface area contributed by atoms with E-state index in [1.807, 2.05) is 6.20 Å². The zero-order chi connectivity index (χ0) is 21.4. The van der Waals surface area contributed by atoms with Gasteiger partial charge >= 0.3 is 0 Å². The summed E-state index contributed by atoms with van der Waals surface area (Å²) >= 11 is 1.58. The normalized spacial score (nSPS) is 15.1. The molecule has 4 heterocycles. The summed E-state index contributed by atoms with van der Waals surface area (Å²) in [6.07, 6.45) is 6.81. The minimum atomic E-state index is -0.317. The fraction of sp³-hybridized carbons (Fsp3) is 0.318. The molecule has 31 heavy (non-hydrogen) atoms. The molecular weight excluding hydrogens is 413 g/mol. The van der Waals surface area contributed by atoms with Gasteiger partial charge in [0.15, 0.2) is 5.16 Å². The largest absolute Gasteiger partial charge is 0.369 e. The second-order valence-electron chi connectivity index (χ2n) is 7.81. The highest BCUT2D eigenvalue weighted by atomic mass is 32.2. The van der Waals surface area contributed by atoms with Crippen LogP contribution in [0, 0.1) is 12.7 Å². The van der Waals surface area contributed by atoms with Crippen LogP contribution in [-0.4, -0.2) is 62.6 Å². The van der Waals surface area contributed by atoms with Crippen LogP contribution in [0.2, 0.25) is 0 Å². The number of benzene rings is 1. The Kier molecular flexibility index (Phi) is 5.37. The maximum atomic E-state index is 14.5. The number of aromatic amines is 1. The summed E-state index contributed by atoms with van der Waals surface area (Å²) in [6, 6.07) is 5.33. The lowest BCUT2D eigenvalue weighted by atomic mass is 10.1. The zero-order valence-electron chi connectivity index (χ0n) is 17.5. The summed E-state index contributed by atoms with van der Waals surface area (Å²) in [5.41, 5.74) is 5.36. The van der Waals surface area contributed by atoms with Crippen LogP contribution in [0.5, 0.6) is 0 Å². The third-order valence-electron chi connectivity index (χ3n) is 5.78. The van der Waals surface area contributed by atoms with Crippen LogP contribution in [0.4, 0.5) is 10.1 Å². The van der Waals surface area contributed by atoms with Crippen LogP contribution in [0.3, 0.4) is 0 Å². The van der Waals surface area contributed by atoms with Crippen LogP contribution in [0.25, 0.3) is 16.7 Å². The molecule has 0 saturated carbocycles. The molecule has 1 aliphatic rings. The van der Waals surface area contributed by atoms with E-state index in [2.05, 4.69) is 49.8 Å². The van der Waals surface area contributed by atoms with Gasteiger partial charge < -0.3 is 19.4 Å². The predicted molar refractivity (Wildman–Crippen MR) is 121 cm³/mol. The van der Waals surface area contributed by atoms with Crippen LogP contribution in [0.1, 0.15) is 11.3 Å². The number of rotatable bonds is 5. The molecular formula is C22H24FN7S. The van der Waals surface area contributed by atoms with E-state index >= 15 is 0 Å². The van der Waals surface area contributed by atoms with E-state index in [1.54, 1.807) is 41.1 Å². The molecule has 160 valence electrons. The maximum Gasteiger partial charge on any atom is 0.166 e. The first-order valence-corrected chi connectivity index (χ1v) is 11.3. The molecule has 0 atom stereocenters. The molecule has 1 N–H and O–H groups in total.